The summed E-state index contributed by atoms with van der Waals surface area (Å²) in [7, 11) is 0. The molecule has 3 N–H and O–H groups in total. The second kappa shape index (κ2) is 14.3. The van der Waals surface area contributed by atoms with E-state index in [2.05, 4.69) is 23.0 Å². The highest BCUT2D eigenvalue weighted by atomic mass is 35.5. The van der Waals surface area contributed by atoms with Crippen LogP contribution in [0.15, 0.2) is 35.4 Å². The molecule has 2 atom stereocenters. The number of carbonyl (C=O) groups excluding carboxylic acids is 1. The van der Waals surface area contributed by atoms with Gasteiger partial charge < -0.3 is 10.6 Å². The third kappa shape index (κ3) is 7.84. The van der Waals surface area contributed by atoms with Gasteiger partial charge in [0.25, 0.3) is 12.9 Å². The van der Waals surface area contributed by atoms with Gasteiger partial charge in [0.05, 0.1) is 34.7 Å². The Hall–Kier alpha value is -1.99. The predicted octanol–water partition coefficient (Wildman–Crippen LogP) is 6.21. The molecule has 0 radical (unpaired) electrons. The Morgan fingerprint density at radius 2 is 2.02 bits per heavy atom. The van der Waals surface area contributed by atoms with Crippen molar-refractivity contribution in [1.82, 2.24) is 20.5 Å². The molecule has 3 heterocycles. The Labute approximate surface area is 244 Å². The molecule has 2 saturated heterocycles. The Morgan fingerprint density at radius 1 is 1.27 bits per heavy atom. The van der Waals surface area contributed by atoms with Crippen molar-refractivity contribution in [1.29, 1.82) is 5.41 Å². The molecule has 1 aromatic carbocycles. The molecule has 218 valence electrons. The summed E-state index contributed by atoms with van der Waals surface area (Å²) >= 11 is 10.0. The molecule has 2 aliphatic heterocycles. The first-order chi connectivity index (χ1) is 19.2. The molecule has 2 unspecified atom stereocenters. The van der Waals surface area contributed by atoms with Crippen LogP contribution in [0, 0.1) is 5.41 Å². The molecule has 1 amide bonds. The average molecular weight is 618 g/mol. The number of rotatable bonds is 11. The van der Waals surface area contributed by atoms with Gasteiger partial charge in [-0.15, -0.1) is 11.3 Å². The Morgan fingerprint density at radius 3 is 2.70 bits per heavy atom. The highest BCUT2D eigenvalue weighted by Gasteiger charge is 2.32. The van der Waals surface area contributed by atoms with Crippen LogP contribution in [0.2, 0.25) is 5.02 Å². The van der Waals surface area contributed by atoms with Crippen molar-refractivity contribution >= 4 is 46.3 Å². The van der Waals surface area contributed by atoms with E-state index in [0.29, 0.717) is 25.1 Å². The summed E-state index contributed by atoms with van der Waals surface area (Å²) in [4.78, 5) is 19.1. The molecule has 0 bridgehead atoms. The van der Waals surface area contributed by atoms with Crippen molar-refractivity contribution in [2.75, 3.05) is 32.4 Å². The van der Waals surface area contributed by atoms with Gasteiger partial charge in [-0.2, -0.15) is 11.8 Å². The molecule has 13 heteroatoms. The van der Waals surface area contributed by atoms with Crippen molar-refractivity contribution in [2.24, 2.45) is 0 Å². The molecule has 2 aromatic rings. The van der Waals surface area contributed by atoms with Gasteiger partial charge in [-0.1, -0.05) is 23.7 Å². The van der Waals surface area contributed by atoms with Gasteiger partial charge in [0.2, 0.25) is 5.91 Å². The van der Waals surface area contributed by atoms with Crippen LogP contribution in [0.5, 0.6) is 0 Å². The van der Waals surface area contributed by atoms with E-state index >= 15 is 0 Å². The number of alkyl halides is 4. The highest BCUT2D eigenvalue weighted by Crippen LogP contribution is 2.40. The maximum atomic E-state index is 13.1. The van der Waals surface area contributed by atoms with Crippen LogP contribution in [-0.4, -0.2) is 66.8 Å². The lowest BCUT2D eigenvalue weighted by molar-refractivity contribution is -0.122. The van der Waals surface area contributed by atoms with Gasteiger partial charge in [-0.25, -0.2) is 22.5 Å². The smallest absolute Gasteiger partial charge is 0.279 e. The number of halogens is 5. The number of nitrogens with zero attached hydrogens (tertiary/aromatic N) is 2. The summed E-state index contributed by atoms with van der Waals surface area (Å²) in [6.07, 6.45) is -1.49. The second-order valence-corrected chi connectivity index (χ2v) is 12.2. The summed E-state index contributed by atoms with van der Waals surface area (Å²) in [5, 5.41) is 16.7. The lowest BCUT2D eigenvalue weighted by Crippen LogP contribution is -2.41. The number of hydrogen-bond donors (Lipinski definition) is 3. The summed E-state index contributed by atoms with van der Waals surface area (Å²) in [6.45, 7) is 1.88. The van der Waals surface area contributed by atoms with Crippen LogP contribution >= 0.6 is 34.7 Å². The molecule has 0 aliphatic carbocycles. The van der Waals surface area contributed by atoms with Crippen molar-refractivity contribution in [3.8, 4) is 0 Å². The number of hydrogen-bond acceptors (Lipinski definition) is 7. The van der Waals surface area contributed by atoms with Crippen LogP contribution in [0.1, 0.15) is 59.0 Å². The SMILES string of the molecule is CSCc1cccc(Cl)c1C1CNC(c2csc(C3CCN(CC(=O)N/C(=C\C(=N)C(F)F)C(F)F)CC3)n2)C1. The number of thioether (sulfide) groups is 1. The zero-order valence-corrected chi connectivity index (χ0v) is 24.3. The summed E-state index contributed by atoms with van der Waals surface area (Å²) in [5.41, 5.74) is 1.28. The van der Waals surface area contributed by atoms with Crippen LogP contribution in [0.25, 0.3) is 0 Å². The van der Waals surface area contributed by atoms with Gasteiger partial charge in [0.1, 0.15) is 0 Å². The van der Waals surface area contributed by atoms with Crippen LogP contribution < -0.4 is 10.6 Å². The third-order valence-electron chi connectivity index (χ3n) is 7.25. The zero-order chi connectivity index (χ0) is 28.8. The average Bonchev–Trinajstić information content (AvgIpc) is 3.59. The molecule has 0 saturated carbocycles. The van der Waals surface area contributed by atoms with Crippen LogP contribution in [-0.2, 0) is 10.5 Å². The molecule has 2 aliphatic rings. The molecular formula is C27H32ClF4N5OS2. The van der Waals surface area contributed by atoms with E-state index in [0.717, 1.165) is 47.3 Å². The Kier molecular flexibility index (Phi) is 11.0. The zero-order valence-electron chi connectivity index (χ0n) is 21.9. The number of allylic oxidation sites excluding steroid dienone is 2. The number of carbonyl (C=O) groups is 1. The van der Waals surface area contributed by atoms with Crippen LogP contribution in [0.4, 0.5) is 17.6 Å². The molecule has 1 aromatic heterocycles. The summed E-state index contributed by atoms with van der Waals surface area (Å²) in [6, 6.07) is 6.26. The Bertz CT molecular complexity index is 1220. The van der Waals surface area contributed by atoms with Crippen molar-refractivity contribution in [3.63, 3.8) is 0 Å². The van der Waals surface area contributed by atoms with Gasteiger partial charge in [0, 0.05) is 34.5 Å². The first-order valence-corrected chi connectivity index (χ1v) is 15.6. The molecule has 4 rings (SSSR count). The molecule has 0 spiro atoms. The quantitative estimate of drug-likeness (QED) is 0.206. The normalized spacial score (nSPS) is 20.9. The largest absolute Gasteiger partial charge is 0.324 e. The van der Waals surface area contributed by atoms with Gasteiger partial charge in [-0.05, 0) is 61.9 Å². The molecular weight excluding hydrogens is 586 g/mol. The van der Waals surface area contributed by atoms with E-state index in [-0.39, 0.29) is 18.5 Å². The topological polar surface area (TPSA) is 81.1 Å². The van der Waals surface area contributed by atoms with E-state index in [9.17, 15) is 22.4 Å². The predicted molar refractivity (Wildman–Crippen MR) is 153 cm³/mol. The summed E-state index contributed by atoms with van der Waals surface area (Å²) < 4.78 is 51.3. The van der Waals surface area contributed by atoms with Gasteiger partial charge >= 0.3 is 0 Å². The fourth-order valence-electron chi connectivity index (χ4n) is 5.28. The monoisotopic (exact) mass is 617 g/mol. The first kappa shape index (κ1) is 31.0. The fraction of sp³-hybridized carbons (Fsp3) is 0.519. The molecule has 40 heavy (non-hydrogen) atoms. The van der Waals surface area contributed by atoms with E-state index in [1.165, 1.54) is 11.1 Å². The maximum Gasteiger partial charge on any atom is 0.279 e. The lowest BCUT2D eigenvalue weighted by Gasteiger charge is -2.30. The number of amides is 1. The van der Waals surface area contributed by atoms with E-state index in [4.69, 9.17) is 22.0 Å². The van der Waals surface area contributed by atoms with Gasteiger partial charge in [-0.3, -0.25) is 15.1 Å². The first-order valence-electron chi connectivity index (χ1n) is 13.0. The lowest BCUT2D eigenvalue weighted by atomic mass is 9.92. The minimum atomic E-state index is -3.19. The number of aromatic nitrogens is 1. The van der Waals surface area contributed by atoms with Crippen molar-refractivity contribution in [2.45, 2.75) is 55.7 Å². The number of piperidine rings is 1. The van der Waals surface area contributed by atoms with Crippen molar-refractivity contribution < 1.29 is 22.4 Å². The van der Waals surface area contributed by atoms with E-state index in [1.807, 2.05) is 22.3 Å². The fourth-order valence-corrected chi connectivity index (χ4v) is 7.23. The van der Waals surface area contributed by atoms with Crippen LogP contribution in [0.3, 0.4) is 0 Å². The molecule has 2 fully saturated rings. The number of benzene rings is 1. The van der Waals surface area contributed by atoms with Gasteiger partial charge in [0.15, 0.2) is 0 Å². The second-order valence-electron chi connectivity index (χ2n) is 10.0. The summed E-state index contributed by atoms with van der Waals surface area (Å²) in [5.74, 6) is 0.771. The highest BCUT2D eigenvalue weighted by molar-refractivity contribution is 7.97. The maximum absolute atomic E-state index is 13.1. The third-order valence-corrected chi connectivity index (χ3v) is 9.20. The number of nitrogens with one attached hydrogen (secondary N) is 3. The van der Waals surface area contributed by atoms with E-state index in [1.54, 1.807) is 23.1 Å². The minimum Gasteiger partial charge on any atom is -0.324 e. The number of thiazole rings is 1. The standard InChI is InChI=1S/C27H32ClF4N5OS2/c1-39-13-16-3-2-4-18(28)24(16)17-9-20(34-11-17)22-14-40-27(36-22)15-5-7-37(8-6-15)12-23(38)35-21(26(31)32)10-19(33)25(29)30/h2-4,10,14-15,17,20,25-26,33-34H,5-9,11-13H2,1H3,(H,35,38)/b21-10-,33-19?. The van der Waals surface area contributed by atoms with Crippen molar-refractivity contribution in [3.05, 3.63) is 62.2 Å². The Balaban J connectivity index is 1.29. The minimum absolute atomic E-state index is 0.129. The number of likely N-dealkylation sites (tertiary alicyclic amines) is 1. The molecule has 6 nitrogen and oxygen atoms in total. The van der Waals surface area contributed by atoms with E-state index < -0.39 is 30.2 Å².